The monoisotopic (exact) mass is 169 g/mol. The minimum atomic E-state index is -1.38. The van der Waals surface area contributed by atoms with Crippen molar-refractivity contribution in [2.45, 2.75) is 26.4 Å². The van der Waals surface area contributed by atoms with E-state index in [0.29, 0.717) is 0 Å². The molecule has 0 spiro atoms. The molecule has 0 aromatic carbocycles. The van der Waals surface area contributed by atoms with E-state index in [9.17, 15) is 4.79 Å². The van der Waals surface area contributed by atoms with Crippen molar-refractivity contribution >= 4 is 6.16 Å². The molecule has 0 heterocycles. The highest BCUT2D eigenvalue weighted by molar-refractivity contribution is 5.60. The van der Waals surface area contributed by atoms with Crippen LogP contribution in [0.25, 0.3) is 0 Å². The minimum Gasteiger partial charge on any atom is -0.450 e. The van der Waals surface area contributed by atoms with Gasteiger partial charge >= 0.3 is 6.16 Å². The minimum absolute atomic E-state index is 0.0360. The normalized spacial score (nSPS) is 36.7. The van der Waals surface area contributed by atoms with Gasteiger partial charge < -0.3 is 9.84 Å². The average molecular weight is 169 g/mol. The van der Waals surface area contributed by atoms with Crippen molar-refractivity contribution in [2.75, 3.05) is 0 Å². The summed E-state index contributed by atoms with van der Waals surface area (Å²) in [6.45, 7) is 5.46. The third-order valence-electron chi connectivity index (χ3n) is 2.98. The Balaban J connectivity index is 2.85. The van der Waals surface area contributed by atoms with Crippen molar-refractivity contribution in [1.29, 1.82) is 5.26 Å². The van der Waals surface area contributed by atoms with E-state index < -0.39 is 11.8 Å². The van der Waals surface area contributed by atoms with Gasteiger partial charge in [0.2, 0.25) is 5.60 Å². The summed E-state index contributed by atoms with van der Waals surface area (Å²) in [4.78, 5) is 10.3. The summed E-state index contributed by atoms with van der Waals surface area (Å²) < 4.78 is 4.58. The summed E-state index contributed by atoms with van der Waals surface area (Å²) in [6.07, 6.45) is -1.38. The van der Waals surface area contributed by atoms with Gasteiger partial charge in [-0.25, -0.2) is 4.79 Å². The van der Waals surface area contributed by atoms with Crippen LogP contribution in [0, 0.1) is 22.7 Å². The van der Waals surface area contributed by atoms with E-state index in [-0.39, 0.29) is 11.3 Å². The second kappa shape index (κ2) is 2.13. The molecule has 0 aliphatic heterocycles. The predicted octanol–water partition coefficient (Wildman–Crippen LogP) is 1.62. The van der Waals surface area contributed by atoms with Crippen LogP contribution >= 0.6 is 0 Å². The number of carboxylic acid groups (broad SMARTS) is 1. The summed E-state index contributed by atoms with van der Waals surface area (Å²) >= 11 is 0. The molecule has 1 N–H and O–H groups in total. The Bertz CT molecular complexity index is 266. The Kier molecular flexibility index (Phi) is 1.57. The summed E-state index contributed by atoms with van der Waals surface area (Å²) in [7, 11) is 0. The highest BCUT2D eigenvalue weighted by atomic mass is 16.7. The SMILES string of the molecule is CC1C(C)(C)C1(C#N)OC(=O)O. The van der Waals surface area contributed by atoms with E-state index in [1.807, 2.05) is 26.8 Å². The number of hydrogen-bond acceptors (Lipinski definition) is 3. The molecule has 4 heteroatoms. The van der Waals surface area contributed by atoms with E-state index in [2.05, 4.69) is 4.74 Å². The molecule has 0 saturated heterocycles. The summed E-state index contributed by atoms with van der Waals surface area (Å²) in [6, 6.07) is 1.92. The van der Waals surface area contributed by atoms with E-state index in [1.165, 1.54) is 0 Å². The number of rotatable bonds is 1. The smallest absolute Gasteiger partial charge is 0.450 e. The maximum atomic E-state index is 10.3. The molecular formula is C8H11NO3. The van der Waals surface area contributed by atoms with Gasteiger partial charge in [0.1, 0.15) is 6.07 Å². The number of carbonyl (C=O) groups is 1. The van der Waals surface area contributed by atoms with Gasteiger partial charge in [-0.05, 0) is 0 Å². The molecule has 4 nitrogen and oxygen atoms in total. The van der Waals surface area contributed by atoms with E-state index in [1.54, 1.807) is 0 Å². The number of nitriles is 1. The van der Waals surface area contributed by atoms with Crippen molar-refractivity contribution in [3.8, 4) is 6.07 Å². The van der Waals surface area contributed by atoms with Gasteiger partial charge in [0.15, 0.2) is 0 Å². The van der Waals surface area contributed by atoms with Crippen LogP contribution in [0.4, 0.5) is 4.79 Å². The second-order valence-electron chi connectivity index (χ2n) is 3.66. The van der Waals surface area contributed by atoms with Gasteiger partial charge in [0, 0.05) is 11.3 Å². The first kappa shape index (κ1) is 8.85. The van der Waals surface area contributed by atoms with Gasteiger partial charge in [0.05, 0.1) is 0 Å². The second-order valence-corrected chi connectivity index (χ2v) is 3.66. The molecule has 66 valence electrons. The molecule has 1 aliphatic carbocycles. The zero-order chi connectivity index (χ0) is 9.57. The Morgan fingerprint density at radius 1 is 1.67 bits per heavy atom. The first-order valence-electron chi connectivity index (χ1n) is 3.71. The molecule has 0 aromatic rings. The van der Waals surface area contributed by atoms with Crippen LogP contribution in [-0.2, 0) is 4.74 Å². The Labute approximate surface area is 70.7 Å². The molecule has 1 saturated carbocycles. The first-order valence-corrected chi connectivity index (χ1v) is 3.71. The van der Waals surface area contributed by atoms with Crippen molar-refractivity contribution in [3.63, 3.8) is 0 Å². The zero-order valence-corrected chi connectivity index (χ0v) is 7.29. The fourth-order valence-electron chi connectivity index (χ4n) is 1.60. The third-order valence-corrected chi connectivity index (χ3v) is 2.98. The summed E-state index contributed by atoms with van der Waals surface area (Å²) in [5, 5.41) is 17.2. The maximum absolute atomic E-state index is 10.3. The molecule has 0 bridgehead atoms. The fraction of sp³-hybridized carbons (Fsp3) is 0.750. The van der Waals surface area contributed by atoms with Crippen molar-refractivity contribution in [3.05, 3.63) is 0 Å². The molecule has 1 rings (SSSR count). The Morgan fingerprint density at radius 2 is 2.08 bits per heavy atom. The van der Waals surface area contributed by atoms with E-state index >= 15 is 0 Å². The maximum Gasteiger partial charge on any atom is 0.507 e. The van der Waals surface area contributed by atoms with Gasteiger partial charge in [-0.15, -0.1) is 0 Å². The topological polar surface area (TPSA) is 70.3 Å². The van der Waals surface area contributed by atoms with Crippen molar-refractivity contribution in [1.82, 2.24) is 0 Å². The van der Waals surface area contributed by atoms with Gasteiger partial charge in [0.25, 0.3) is 0 Å². The van der Waals surface area contributed by atoms with Crippen molar-refractivity contribution in [2.24, 2.45) is 11.3 Å². The van der Waals surface area contributed by atoms with Crippen LogP contribution in [0.5, 0.6) is 0 Å². The fourth-order valence-corrected chi connectivity index (χ4v) is 1.60. The highest BCUT2D eigenvalue weighted by Crippen LogP contribution is 2.63. The standard InChI is InChI=1S/C8H11NO3/c1-5-7(2,3)8(5,4-9)12-6(10)11/h5H,1-3H3,(H,10,11). The lowest BCUT2D eigenvalue weighted by Gasteiger charge is -2.09. The molecule has 2 atom stereocenters. The lowest BCUT2D eigenvalue weighted by atomic mass is 10.1. The molecule has 0 radical (unpaired) electrons. The highest BCUT2D eigenvalue weighted by Gasteiger charge is 2.73. The number of ether oxygens (including phenoxy) is 1. The van der Waals surface area contributed by atoms with Gasteiger partial charge in [-0.1, -0.05) is 20.8 Å². The van der Waals surface area contributed by atoms with Crippen LogP contribution in [0.3, 0.4) is 0 Å². The van der Waals surface area contributed by atoms with Crippen LogP contribution in [0.2, 0.25) is 0 Å². The lowest BCUT2D eigenvalue weighted by Crippen LogP contribution is -2.22. The van der Waals surface area contributed by atoms with Crippen molar-refractivity contribution < 1.29 is 14.6 Å². The average Bonchev–Trinajstić information content (AvgIpc) is 2.34. The molecule has 0 aromatic heterocycles. The van der Waals surface area contributed by atoms with Gasteiger partial charge in [-0.3, -0.25) is 0 Å². The molecule has 1 aliphatic rings. The molecule has 1 fully saturated rings. The van der Waals surface area contributed by atoms with Crippen LogP contribution in [-0.4, -0.2) is 16.9 Å². The van der Waals surface area contributed by atoms with Crippen LogP contribution in [0.1, 0.15) is 20.8 Å². The quantitative estimate of drug-likeness (QED) is 0.605. The van der Waals surface area contributed by atoms with E-state index in [0.717, 1.165) is 0 Å². The number of nitrogens with zero attached hydrogens (tertiary/aromatic N) is 1. The van der Waals surface area contributed by atoms with Crippen LogP contribution in [0.15, 0.2) is 0 Å². The summed E-state index contributed by atoms with van der Waals surface area (Å²) in [5.41, 5.74) is -1.49. The lowest BCUT2D eigenvalue weighted by molar-refractivity contribution is 0.0445. The van der Waals surface area contributed by atoms with E-state index in [4.69, 9.17) is 10.4 Å². The van der Waals surface area contributed by atoms with Gasteiger partial charge in [-0.2, -0.15) is 5.26 Å². The Morgan fingerprint density at radius 3 is 2.17 bits per heavy atom. The predicted molar refractivity (Wildman–Crippen MR) is 40.4 cm³/mol. The zero-order valence-electron chi connectivity index (χ0n) is 7.29. The molecule has 12 heavy (non-hydrogen) atoms. The Hall–Kier alpha value is -1.24. The third kappa shape index (κ3) is 0.795. The largest absolute Gasteiger partial charge is 0.507 e. The number of hydrogen-bond donors (Lipinski definition) is 1. The first-order chi connectivity index (χ1) is 5.38. The molecular weight excluding hydrogens is 158 g/mol. The van der Waals surface area contributed by atoms with Crippen LogP contribution < -0.4 is 0 Å². The molecule has 0 amide bonds. The molecule has 2 unspecified atom stereocenters. The summed E-state index contributed by atoms with van der Waals surface area (Å²) in [5.74, 6) is -0.0360.